The number of halogens is 2. The molecule has 2 aromatic rings. The number of aromatic nitrogens is 2. The van der Waals surface area contributed by atoms with Gasteiger partial charge in [-0.2, -0.15) is 0 Å². The van der Waals surface area contributed by atoms with E-state index in [0.717, 1.165) is 32.2 Å². The third-order valence-electron chi connectivity index (χ3n) is 3.89. The summed E-state index contributed by atoms with van der Waals surface area (Å²) in [5.41, 5.74) is 0.248. The van der Waals surface area contributed by atoms with Gasteiger partial charge in [-0.1, -0.05) is 11.6 Å². The molecule has 0 radical (unpaired) electrons. The molecule has 0 spiro atoms. The lowest BCUT2D eigenvalue weighted by Gasteiger charge is -2.33. The number of nitrogens with one attached hydrogen (secondary N) is 1. The molecule has 1 aliphatic heterocycles. The van der Waals surface area contributed by atoms with Gasteiger partial charge in [0.1, 0.15) is 23.7 Å². The molecule has 0 atom stereocenters. The van der Waals surface area contributed by atoms with Crippen molar-refractivity contribution < 1.29 is 9.18 Å². The predicted octanol–water partition coefficient (Wildman–Crippen LogP) is 2.27. The van der Waals surface area contributed by atoms with E-state index >= 15 is 0 Å². The van der Waals surface area contributed by atoms with Gasteiger partial charge in [-0.25, -0.2) is 14.4 Å². The van der Waals surface area contributed by atoms with Crippen molar-refractivity contribution in [2.45, 2.75) is 0 Å². The van der Waals surface area contributed by atoms with E-state index in [4.69, 9.17) is 11.6 Å². The largest absolute Gasteiger partial charge is 0.354 e. The second-order valence-electron chi connectivity index (χ2n) is 5.63. The number of amides is 1. The Morgan fingerprint density at radius 1 is 1.21 bits per heavy atom. The highest BCUT2D eigenvalue weighted by atomic mass is 35.5. The molecule has 1 amide bonds. The first-order valence-corrected chi connectivity index (χ1v) is 7.92. The molecule has 2 heterocycles. The van der Waals surface area contributed by atoms with Crippen LogP contribution in [0.5, 0.6) is 0 Å². The molecule has 0 unspecified atom stereocenters. The Hall–Kier alpha value is -2.25. The van der Waals surface area contributed by atoms with Crippen LogP contribution in [0.3, 0.4) is 0 Å². The molecule has 0 bridgehead atoms. The molecule has 1 aliphatic rings. The van der Waals surface area contributed by atoms with E-state index in [1.165, 1.54) is 18.5 Å². The summed E-state index contributed by atoms with van der Waals surface area (Å²) in [7, 11) is 2.07. The number of likely N-dealkylation sites (N-methyl/N-ethyl adjacent to an activating group) is 1. The average Bonchev–Trinajstić information content (AvgIpc) is 2.58. The zero-order valence-electron chi connectivity index (χ0n) is 13.2. The van der Waals surface area contributed by atoms with Gasteiger partial charge in [-0.3, -0.25) is 4.79 Å². The van der Waals surface area contributed by atoms with Gasteiger partial charge in [-0.15, -0.1) is 0 Å². The Morgan fingerprint density at radius 2 is 1.96 bits per heavy atom. The lowest BCUT2D eigenvalue weighted by atomic mass is 10.2. The van der Waals surface area contributed by atoms with E-state index in [2.05, 4.69) is 32.1 Å². The van der Waals surface area contributed by atoms with Gasteiger partial charge in [-0.05, 0) is 25.2 Å². The van der Waals surface area contributed by atoms with Crippen LogP contribution in [-0.2, 0) is 0 Å². The Labute approximate surface area is 144 Å². The maximum Gasteiger partial charge on any atom is 0.274 e. The third-order valence-corrected chi connectivity index (χ3v) is 4.13. The minimum atomic E-state index is -0.593. The topological polar surface area (TPSA) is 61.4 Å². The molecule has 0 saturated carbocycles. The highest BCUT2D eigenvalue weighted by Crippen LogP contribution is 2.20. The summed E-state index contributed by atoms with van der Waals surface area (Å²) in [6, 6.07) is 5.69. The van der Waals surface area contributed by atoms with Gasteiger partial charge in [0.05, 0.1) is 5.69 Å². The van der Waals surface area contributed by atoms with E-state index < -0.39 is 11.7 Å². The van der Waals surface area contributed by atoms with Crippen LogP contribution in [0.2, 0.25) is 5.02 Å². The van der Waals surface area contributed by atoms with Crippen LogP contribution >= 0.6 is 11.6 Å². The van der Waals surface area contributed by atoms with Crippen LogP contribution in [-0.4, -0.2) is 54.0 Å². The Bertz CT molecular complexity index is 749. The summed E-state index contributed by atoms with van der Waals surface area (Å²) >= 11 is 5.71. The van der Waals surface area contributed by atoms with Crippen LogP contribution in [0.15, 0.2) is 30.6 Å². The normalized spacial score (nSPS) is 15.4. The van der Waals surface area contributed by atoms with E-state index in [1.807, 2.05) is 0 Å². The van der Waals surface area contributed by atoms with Crippen molar-refractivity contribution in [3.63, 3.8) is 0 Å². The Morgan fingerprint density at radius 3 is 2.67 bits per heavy atom. The molecule has 1 fully saturated rings. The minimum Gasteiger partial charge on any atom is -0.354 e. The minimum absolute atomic E-state index is 0.0594. The highest BCUT2D eigenvalue weighted by Gasteiger charge is 2.18. The molecular weight excluding hydrogens is 333 g/mol. The van der Waals surface area contributed by atoms with Crippen LogP contribution in [0.25, 0.3) is 0 Å². The summed E-state index contributed by atoms with van der Waals surface area (Å²) in [5.74, 6) is -0.391. The van der Waals surface area contributed by atoms with Crippen LogP contribution in [0.4, 0.5) is 15.9 Å². The van der Waals surface area contributed by atoms with E-state index in [0.29, 0.717) is 5.82 Å². The van der Waals surface area contributed by atoms with Gasteiger partial charge < -0.3 is 15.1 Å². The fourth-order valence-electron chi connectivity index (χ4n) is 2.46. The smallest absolute Gasteiger partial charge is 0.274 e. The number of benzene rings is 1. The van der Waals surface area contributed by atoms with Crippen molar-refractivity contribution in [2.24, 2.45) is 0 Å². The van der Waals surface area contributed by atoms with Crippen molar-refractivity contribution in [3.05, 3.63) is 47.1 Å². The van der Waals surface area contributed by atoms with Crippen molar-refractivity contribution in [3.8, 4) is 0 Å². The van der Waals surface area contributed by atoms with Crippen molar-refractivity contribution in [1.29, 1.82) is 0 Å². The van der Waals surface area contributed by atoms with Crippen LogP contribution in [0, 0.1) is 5.82 Å². The molecule has 24 heavy (non-hydrogen) atoms. The molecule has 1 N–H and O–H groups in total. The number of carbonyl (C=O) groups excluding carboxylic acids is 1. The monoisotopic (exact) mass is 349 g/mol. The zero-order valence-corrected chi connectivity index (χ0v) is 13.9. The van der Waals surface area contributed by atoms with E-state index in [-0.39, 0.29) is 16.4 Å². The van der Waals surface area contributed by atoms with Crippen LogP contribution < -0.4 is 10.2 Å². The highest BCUT2D eigenvalue weighted by molar-refractivity contribution is 6.30. The van der Waals surface area contributed by atoms with E-state index in [1.54, 1.807) is 6.07 Å². The summed E-state index contributed by atoms with van der Waals surface area (Å²) < 4.78 is 13.8. The van der Waals surface area contributed by atoms with Crippen LogP contribution in [0.1, 0.15) is 10.5 Å². The van der Waals surface area contributed by atoms with Crippen molar-refractivity contribution in [2.75, 3.05) is 43.4 Å². The van der Waals surface area contributed by atoms with Crippen molar-refractivity contribution >= 4 is 29.0 Å². The first kappa shape index (κ1) is 16.6. The fraction of sp³-hybridized carbons (Fsp3) is 0.312. The second-order valence-corrected chi connectivity index (χ2v) is 6.07. The predicted molar refractivity (Wildman–Crippen MR) is 91.1 cm³/mol. The summed E-state index contributed by atoms with van der Waals surface area (Å²) in [6.07, 6.45) is 1.35. The molecule has 8 heteroatoms. The Kier molecular flexibility index (Phi) is 4.92. The number of hydrogen-bond acceptors (Lipinski definition) is 5. The third kappa shape index (κ3) is 3.80. The Balaban J connectivity index is 1.74. The SMILES string of the molecule is CN1CCN(c2cc(C(=O)Nc3ccc(Cl)cc3F)ncn2)CC1. The summed E-state index contributed by atoms with van der Waals surface area (Å²) in [5, 5.41) is 2.77. The number of piperazine rings is 1. The molecule has 1 saturated heterocycles. The average molecular weight is 350 g/mol. The van der Waals surface area contributed by atoms with Gasteiger partial charge in [0, 0.05) is 37.3 Å². The molecule has 126 valence electrons. The summed E-state index contributed by atoms with van der Waals surface area (Å²) in [6.45, 7) is 3.53. The van der Waals surface area contributed by atoms with Crippen molar-refractivity contribution in [1.82, 2.24) is 14.9 Å². The molecule has 3 rings (SSSR count). The zero-order chi connectivity index (χ0) is 17.1. The standard InChI is InChI=1S/C16H17ClFN5O/c1-22-4-6-23(7-5-22)15-9-14(19-10-20-15)16(24)21-13-3-2-11(17)8-12(13)18/h2-3,8-10H,4-7H2,1H3,(H,21,24). The lowest BCUT2D eigenvalue weighted by Crippen LogP contribution is -2.44. The van der Waals surface area contributed by atoms with Gasteiger partial charge >= 0.3 is 0 Å². The first-order chi connectivity index (χ1) is 11.5. The number of nitrogens with zero attached hydrogens (tertiary/aromatic N) is 4. The van der Waals surface area contributed by atoms with Gasteiger partial charge in [0.25, 0.3) is 5.91 Å². The number of rotatable bonds is 3. The number of anilines is 2. The second kappa shape index (κ2) is 7.11. The fourth-order valence-corrected chi connectivity index (χ4v) is 2.62. The molecular formula is C16H17ClFN5O. The quantitative estimate of drug-likeness (QED) is 0.921. The molecule has 0 aliphatic carbocycles. The maximum absolute atomic E-state index is 13.8. The summed E-state index contributed by atoms with van der Waals surface area (Å²) in [4.78, 5) is 24.9. The van der Waals surface area contributed by atoms with Gasteiger partial charge in [0.2, 0.25) is 0 Å². The maximum atomic E-state index is 13.8. The van der Waals surface area contributed by atoms with E-state index in [9.17, 15) is 9.18 Å². The number of hydrogen-bond donors (Lipinski definition) is 1. The number of carbonyl (C=O) groups is 1. The molecule has 6 nitrogen and oxygen atoms in total. The van der Waals surface area contributed by atoms with Gasteiger partial charge in [0.15, 0.2) is 0 Å². The first-order valence-electron chi connectivity index (χ1n) is 7.55. The molecule has 1 aromatic carbocycles. The lowest BCUT2D eigenvalue weighted by molar-refractivity contribution is 0.102. The molecule has 1 aromatic heterocycles.